The number of ether oxygens (including phenoxy) is 2. The van der Waals surface area contributed by atoms with Crippen LogP contribution in [0.5, 0.6) is 0 Å². The average Bonchev–Trinajstić information content (AvgIpc) is 3.28. The van der Waals surface area contributed by atoms with E-state index in [4.69, 9.17) is 9.47 Å². The molecule has 7 atom stereocenters. The van der Waals surface area contributed by atoms with Crippen LogP contribution in [0.4, 0.5) is 0 Å². The number of unbranched alkanes of at least 4 members (excludes halogenated alkanes) is 26. The van der Waals surface area contributed by atoms with Crippen LogP contribution in [0.2, 0.25) is 0 Å². The van der Waals surface area contributed by atoms with E-state index in [0.29, 0.717) is 6.42 Å². The lowest BCUT2D eigenvalue weighted by atomic mass is 9.99. The van der Waals surface area contributed by atoms with Crippen LogP contribution in [0.25, 0.3) is 0 Å². The molecule has 1 aliphatic rings. The summed E-state index contributed by atoms with van der Waals surface area (Å²) in [4.78, 5) is 13.0. The first-order chi connectivity index (χ1) is 30.8. The van der Waals surface area contributed by atoms with Crippen molar-refractivity contribution in [3.05, 3.63) is 60.8 Å². The smallest absolute Gasteiger partial charge is 0.220 e. The van der Waals surface area contributed by atoms with Gasteiger partial charge in [0.05, 0.1) is 25.4 Å². The molecule has 63 heavy (non-hydrogen) atoms. The fraction of sp³-hybridized carbons (Fsp3) is 0.796. The van der Waals surface area contributed by atoms with Crippen LogP contribution in [0.3, 0.4) is 0 Å². The summed E-state index contributed by atoms with van der Waals surface area (Å²) in [5.74, 6) is -0.204. The van der Waals surface area contributed by atoms with E-state index in [1.165, 1.54) is 128 Å². The zero-order chi connectivity index (χ0) is 45.9. The third kappa shape index (κ3) is 33.9. The minimum atomic E-state index is -1.58. The zero-order valence-corrected chi connectivity index (χ0v) is 40.3. The monoisotopic (exact) mass is 888 g/mol. The standard InChI is InChI=1S/C54H97NO8/c1-3-5-7-9-11-13-15-17-19-20-21-22-23-24-25-26-27-28-30-31-33-35-37-39-41-43-48(57)47(46-62-54-53(61)52(60)51(59)49(45-56)63-54)55-50(58)44-42-40-38-36-34-32-29-18-16-14-12-10-8-6-4-2/h12,14,16,18,27-28,33,35,41,43,47-49,51-54,56-57,59-61H,3-11,13,15,17,19-26,29-32,34,36-40,42,44-46H2,1-2H3,(H,55,58)/b14-12-,18-16-,28-27+,35-33+,43-41+. The van der Waals surface area contributed by atoms with Crippen molar-refractivity contribution in [3.8, 4) is 0 Å². The molecule has 1 amide bonds. The number of amides is 1. The first kappa shape index (κ1) is 58.9. The Kier molecular flexibility index (Phi) is 40.9. The number of allylic oxidation sites excluding steroid dienone is 9. The van der Waals surface area contributed by atoms with Gasteiger partial charge in [-0.15, -0.1) is 0 Å². The van der Waals surface area contributed by atoms with Crippen LogP contribution >= 0.6 is 0 Å². The van der Waals surface area contributed by atoms with Crippen LogP contribution in [-0.4, -0.2) is 87.5 Å². The summed E-state index contributed by atoms with van der Waals surface area (Å²) >= 11 is 0. The zero-order valence-electron chi connectivity index (χ0n) is 40.3. The minimum absolute atomic E-state index is 0.204. The van der Waals surface area contributed by atoms with Gasteiger partial charge in [-0.25, -0.2) is 0 Å². The molecule has 1 heterocycles. The number of aliphatic hydroxyl groups is 5. The number of nitrogens with one attached hydrogen (secondary N) is 1. The SMILES string of the molecule is CCCCC/C=C\C=C/CCCCCCCCC(=O)NC(COC1OC(CO)C(O)C(O)C1O)C(O)/C=C/CC/C=C/CC/C=C/CCCCCCCCCCCCCCCCC. The summed E-state index contributed by atoms with van der Waals surface area (Å²) in [7, 11) is 0. The fourth-order valence-electron chi connectivity index (χ4n) is 7.88. The molecule has 0 aromatic carbocycles. The number of carbonyl (C=O) groups excluding carboxylic acids is 1. The van der Waals surface area contributed by atoms with Crippen molar-refractivity contribution in [1.82, 2.24) is 5.32 Å². The Hall–Kier alpha value is -2.11. The molecule has 9 heteroatoms. The van der Waals surface area contributed by atoms with E-state index < -0.39 is 49.5 Å². The van der Waals surface area contributed by atoms with Crippen molar-refractivity contribution in [2.45, 2.75) is 262 Å². The van der Waals surface area contributed by atoms with Crippen LogP contribution in [0.1, 0.15) is 219 Å². The highest BCUT2D eigenvalue weighted by Crippen LogP contribution is 2.23. The molecule has 1 aliphatic heterocycles. The van der Waals surface area contributed by atoms with Crippen molar-refractivity contribution >= 4 is 5.91 Å². The Bertz CT molecular complexity index is 1170. The third-order valence-corrected chi connectivity index (χ3v) is 12.1. The molecule has 1 fully saturated rings. The van der Waals surface area contributed by atoms with E-state index in [0.717, 1.165) is 70.6 Å². The van der Waals surface area contributed by atoms with Gasteiger partial charge in [-0.1, -0.05) is 203 Å². The van der Waals surface area contributed by atoms with Crippen LogP contribution in [0, 0.1) is 0 Å². The molecule has 0 bridgehead atoms. The maximum atomic E-state index is 13.0. The second-order valence-electron chi connectivity index (χ2n) is 18.0. The van der Waals surface area contributed by atoms with Crippen molar-refractivity contribution in [2.24, 2.45) is 0 Å². The van der Waals surface area contributed by atoms with Crippen LogP contribution in [-0.2, 0) is 14.3 Å². The Balaban J connectivity index is 2.32. The highest BCUT2D eigenvalue weighted by atomic mass is 16.7. The lowest BCUT2D eigenvalue weighted by Crippen LogP contribution is -2.60. The molecule has 0 saturated carbocycles. The molecule has 0 aromatic heterocycles. The number of hydrogen-bond acceptors (Lipinski definition) is 8. The maximum absolute atomic E-state index is 13.0. The van der Waals surface area contributed by atoms with Gasteiger partial charge in [0.25, 0.3) is 0 Å². The fourth-order valence-corrected chi connectivity index (χ4v) is 7.88. The second kappa shape index (κ2) is 43.8. The molecule has 0 aromatic rings. The van der Waals surface area contributed by atoms with Crippen LogP contribution in [0.15, 0.2) is 60.8 Å². The first-order valence-corrected chi connectivity index (χ1v) is 26.0. The summed E-state index contributed by atoms with van der Waals surface area (Å²) in [6.07, 6.45) is 51.3. The molecule has 1 rings (SSSR count). The Morgan fingerprint density at radius 1 is 0.540 bits per heavy atom. The van der Waals surface area contributed by atoms with Crippen molar-refractivity contribution in [2.75, 3.05) is 13.2 Å². The van der Waals surface area contributed by atoms with Gasteiger partial charge < -0.3 is 40.3 Å². The molecule has 9 nitrogen and oxygen atoms in total. The normalized spacial score (nSPS) is 20.7. The summed E-state index contributed by atoms with van der Waals surface area (Å²) < 4.78 is 11.2. The number of carbonyl (C=O) groups is 1. The molecular formula is C54H97NO8. The van der Waals surface area contributed by atoms with Gasteiger partial charge in [0, 0.05) is 6.42 Å². The molecule has 0 aliphatic carbocycles. The van der Waals surface area contributed by atoms with Gasteiger partial charge in [-0.3, -0.25) is 4.79 Å². The van der Waals surface area contributed by atoms with Gasteiger partial charge in [0.2, 0.25) is 5.91 Å². The van der Waals surface area contributed by atoms with Gasteiger partial charge in [-0.05, 0) is 70.6 Å². The Morgan fingerprint density at radius 2 is 0.952 bits per heavy atom. The number of rotatable bonds is 43. The van der Waals surface area contributed by atoms with Gasteiger partial charge in [0.15, 0.2) is 6.29 Å². The quantitative estimate of drug-likeness (QED) is 0.0201. The van der Waals surface area contributed by atoms with Gasteiger partial charge in [0.1, 0.15) is 24.4 Å². The summed E-state index contributed by atoms with van der Waals surface area (Å²) in [6.45, 7) is 3.72. The minimum Gasteiger partial charge on any atom is -0.394 e. The van der Waals surface area contributed by atoms with E-state index in [1.54, 1.807) is 6.08 Å². The predicted molar refractivity (Wildman–Crippen MR) is 262 cm³/mol. The number of aliphatic hydroxyl groups excluding tert-OH is 5. The predicted octanol–water partition coefficient (Wildman–Crippen LogP) is 12.0. The van der Waals surface area contributed by atoms with E-state index in [2.05, 4.69) is 67.8 Å². The van der Waals surface area contributed by atoms with Crippen molar-refractivity contribution in [3.63, 3.8) is 0 Å². The van der Waals surface area contributed by atoms with Crippen molar-refractivity contribution in [1.29, 1.82) is 0 Å². The molecule has 366 valence electrons. The third-order valence-electron chi connectivity index (χ3n) is 12.1. The Morgan fingerprint density at radius 3 is 1.46 bits per heavy atom. The second-order valence-corrected chi connectivity index (χ2v) is 18.0. The maximum Gasteiger partial charge on any atom is 0.220 e. The summed E-state index contributed by atoms with van der Waals surface area (Å²) in [5.41, 5.74) is 0. The van der Waals surface area contributed by atoms with E-state index in [1.807, 2.05) is 6.08 Å². The highest BCUT2D eigenvalue weighted by Gasteiger charge is 2.44. The first-order valence-electron chi connectivity index (χ1n) is 26.0. The molecule has 0 radical (unpaired) electrons. The Labute approximate surface area is 386 Å². The highest BCUT2D eigenvalue weighted by molar-refractivity contribution is 5.76. The lowest BCUT2D eigenvalue weighted by Gasteiger charge is -2.40. The summed E-state index contributed by atoms with van der Waals surface area (Å²) in [5, 5.41) is 54.3. The molecule has 0 spiro atoms. The van der Waals surface area contributed by atoms with Gasteiger partial charge in [-0.2, -0.15) is 0 Å². The summed E-state index contributed by atoms with van der Waals surface area (Å²) in [6, 6.07) is -0.836. The van der Waals surface area contributed by atoms with Crippen molar-refractivity contribution < 1.29 is 39.8 Å². The lowest BCUT2D eigenvalue weighted by molar-refractivity contribution is -0.302. The molecule has 6 N–H and O–H groups in total. The van der Waals surface area contributed by atoms with E-state index in [-0.39, 0.29) is 12.5 Å². The molecule has 7 unspecified atom stereocenters. The van der Waals surface area contributed by atoms with E-state index >= 15 is 0 Å². The largest absolute Gasteiger partial charge is 0.394 e. The molecular weight excluding hydrogens is 791 g/mol. The van der Waals surface area contributed by atoms with Gasteiger partial charge >= 0.3 is 0 Å². The number of hydrogen-bond donors (Lipinski definition) is 6. The van der Waals surface area contributed by atoms with E-state index in [9.17, 15) is 30.3 Å². The topological polar surface area (TPSA) is 149 Å². The molecule has 1 saturated heterocycles. The van der Waals surface area contributed by atoms with Crippen LogP contribution < -0.4 is 5.32 Å². The average molecular weight is 888 g/mol.